The van der Waals surface area contributed by atoms with Crippen LogP contribution in [0, 0.1) is 0 Å². The van der Waals surface area contributed by atoms with Gasteiger partial charge < -0.3 is 0 Å². The summed E-state index contributed by atoms with van der Waals surface area (Å²) in [5.74, 6) is 0.700. The summed E-state index contributed by atoms with van der Waals surface area (Å²) in [5.41, 5.74) is 1.51. The van der Waals surface area contributed by atoms with E-state index in [2.05, 4.69) is 57.8 Å². The molecule has 0 saturated heterocycles. The van der Waals surface area contributed by atoms with E-state index >= 15 is 0 Å². The van der Waals surface area contributed by atoms with E-state index in [1.807, 2.05) is 0 Å². The van der Waals surface area contributed by atoms with Gasteiger partial charge in [-0.2, -0.15) is 0 Å². The number of hydrogen-bond acceptors (Lipinski definition) is 0. The van der Waals surface area contributed by atoms with E-state index in [4.69, 9.17) is 0 Å². The Labute approximate surface area is 89.4 Å². The van der Waals surface area contributed by atoms with Gasteiger partial charge in [0.2, 0.25) is 0 Å². The van der Waals surface area contributed by atoms with Gasteiger partial charge in [-0.05, 0) is 17.9 Å². The normalized spacial score (nSPS) is 14.1. The minimum absolute atomic E-state index is 0.700. The predicted molar refractivity (Wildman–Crippen MR) is 68.1 cm³/mol. The monoisotopic (exact) mass is 206 g/mol. The van der Waals surface area contributed by atoms with Crippen LogP contribution in [0.15, 0.2) is 24.3 Å². The third-order valence-electron chi connectivity index (χ3n) is 2.93. The fourth-order valence-electron chi connectivity index (χ4n) is 1.55. The molecule has 0 spiro atoms. The van der Waals surface area contributed by atoms with E-state index < -0.39 is 8.07 Å². The lowest BCUT2D eigenvalue weighted by molar-refractivity contribution is 0.734. The quantitative estimate of drug-likeness (QED) is 0.661. The Kier molecular flexibility index (Phi) is 3.54. The SMILES string of the molecule is CCC(C)c1cccc([Si](C)(C)C)c1. The van der Waals surface area contributed by atoms with E-state index in [9.17, 15) is 0 Å². The maximum atomic E-state index is 2.42. The Morgan fingerprint density at radius 2 is 1.86 bits per heavy atom. The standard InChI is InChI=1S/C13H22Si/c1-6-11(2)12-8-7-9-13(10-12)14(3,4)5/h7-11H,6H2,1-5H3. The highest BCUT2D eigenvalue weighted by molar-refractivity contribution is 6.88. The van der Waals surface area contributed by atoms with Crippen molar-refractivity contribution in [2.45, 2.75) is 45.8 Å². The summed E-state index contributed by atoms with van der Waals surface area (Å²) in [6.07, 6.45) is 1.23. The van der Waals surface area contributed by atoms with Crippen molar-refractivity contribution >= 4 is 13.3 Å². The molecule has 0 bridgehead atoms. The molecule has 1 unspecified atom stereocenters. The maximum absolute atomic E-state index is 2.42. The van der Waals surface area contributed by atoms with E-state index in [1.54, 1.807) is 5.19 Å². The fraction of sp³-hybridized carbons (Fsp3) is 0.538. The van der Waals surface area contributed by atoms with Gasteiger partial charge in [0.15, 0.2) is 0 Å². The van der Waals surface area contributed by atoms with Crippen molar-refractivity contribution < 1.29 is 0 Å². The molecule has 1 aromatic rings. The van der Waals surface area contributed by atoms with Gasteiger partial charge in [-0.25, -0.2) is 0 Å². The maximum Gasteiger partial charge on any atom is 0.0776 e. The van der Waals surface area contributed by atoms with Crippen LogP contribution in [0.1, 0.15) is 31.7 Å². The Bertz CT molecular complexity index is 296. The molecule has 1 rings (SSSR count). The van der Waals surface area contributed by atoms with Crippen LogP contribution in [0.2, 0.25) is 19.6 Å². The molecular weight excluding hydrogens is 184 g/mol. The number of benzene rings is 1. The molecule has 0 aliphatic carbocycles. The molecule has 1 atom stereocenters. The van der Waals surface area contributed by atoms with Crippen LogP contribution in [0.5, 0.6) is 0 Å². The Morgan fingerprint density at radius 1 is 1.21 bits per heavy atom. The first-order valence-electron chi connectivity index (χ1n) is 5.55. The minimum Gasteiger partial charge on any atom is -0.0656 e. The van der Waals surface area contributed by atoms with Crippen molar-refractivity contribution in [3.8, 4) is 0 Å². The van der Waals surface area contributed by atoms with Crippen LogP contribution >= 0.6 is 0 Å². The van der Waals surface area contributed by atoms with Crippen molar-refractivity contribution in [3.05, 3.63) is 29.8 Å². The van der Waals surface area contributed by atoms with Gasteiger partial charge >= 0.3 is 0 Å². The van der Waals surface area contributed by atoms with Gasteiger partial charge in [-0.1, -0.05) is 62.9 Å². The van der Waals surface area contributed by atoms with E-state index in [0.29, 0.717) is 5.92 Å². The molecule has 0 amide bonds. The molecule has 1 aromatic carbocycles. The minimum atomic E-state index is -1.12. The van der Waals surface area contributed by atoms with Crippen molar-refractivity contribution in [1.29, 1.82) is 0 Å². The van der Waals surface area contributed by atoms with E-state index in [0.717, 1.165) is 0 Å². The largest absolute Gasteiger partial charge is 0.0776 e. The van der Waals surface area contributed by atoms with Crippen molar-refractivity contribution in [1.82, 2.24) is 0 Å². The summed E-state index contributed by atoms with van der Waals surface area (Å²) in [6, 6.07) is 9.19. The summed E-state index contributed by atoms with van der Waals surface area (Å²) in [5, 5.41) is 1.58. The smallest absolute Gasteiger partial charge is 0.0656 e. The molecule has 0 N–H and O–H groups in total. The topological polar surface area (TPSA) is 0 Å². The van der Waals surface area contributed by atoms with Gasteiger partial charge in [0, 0.05) is 0 Å². The zero-order valence-electron chi connectivity index (χ0n) is 10.1. The molecule has 14 heavy (non-hydrogen) atoms. The molecule has 0 radical (unpaired) electrons. The van der Waals surface area contributed by atoms with Crippen LogP contribution in [0.25, 0.3) is 0 Å². The second-order valence-corrected chi connectivity index (χ2v) is 10.3. The van der Waals surface area contributed by atoms with Gasteiger partial charge in [-0.3, -0.25) is 0 Å². The molecular formula is C13H22Si. The Hall–Kier alpha value is -0.563. The second-order valence-electron chi connectivity index (χ2n) is 5.18. The average molecular weight is 206 g/mol. The summed E-state index contributed by atoms with van der Waals surface area (Å²) in [7, 11) is -1.12. The second kappa shape index (κ2) is 4.31. The third kappa shape index (κ3) is 2.71. The summed E-state index contributed by atoms with van der Waals surface area (Å²) >= 11 is 0. The van der Waals surface area contributed by atoms with E-state index in [1.165, 1.54) is 12.0 Å². The first-order valence-corrected chi connectivity index (χ1v) is 9.05. The van der Waals surface area contributed by atoms with E-state index in [-0.39, 0.29) is 0 Å². The first kappa shape index (κ1) is 11.5. The Balaban J connectivity index is 3.01. The Morgan fingerprint density at radius 3 is 2.36 bits per heavy atom. The van der Waals surface area contributed by atoms with Crippen molar-refractivity contribution in [2.75, 3.05) is 0 Å². The number of rotatable bonds is 3. The zero-order valence-corrected chi connectivity index (χ0v) is 11.1. The number of hydrogen-bond donors (Lipinski definition) is 0. The molecule has 0 aliphatic heterocycles. The summed E-state index contributed by atoms with van der Waals surface area (Å²) < 4.78 is 0. The lowest BCUT2D eigenvalue weighted by Gasteiger charge is -2.19. The predicted octanol–water partition coefficient (Wildman–Crippen LogP) is 3.75. The van der Waals surface area contributed by atoms with Crippen LogP contribution in [0.4, 0.5) is 0 Å². The van der Waals surface area contributed by atoms with Crippen LogP contribution in [-0.4, -0.2) is 8.07 Å². The van der Waals surface area contributed by atoms with Gasteiger partial charge in [-0.15, -0.1) is 0 Å². The lowest BCUT2D eigenvalue weighted by Crippen LogP contribution is -2.37. The van der Waals surface area contributed by atoms with Crippen LogP contribution < -0.4 is 5.19 Å². The van der Waals surface area contributed by atoms with Crippen molar-refractivity contribution in [2.24, 2.45) is 0 Å². The highest BCUT2D eigenvalue weighted by Crippen LogP contribution is 2.18. The highest BCUT2D eigenvalue weighted by atomic mass is 28.3. The molecule has 0 fully saturated rings. The first-order chi connectivity index (χ1) is 6.45. The van der Waals surface area contributed by atoms with Gasteiger partial charge in [0.05, 0.1) is 8.07 Å². The molecule has 0 saturated carbocycles. The van der Waals surface area contributed by atoms with Gasteiger partial charge in [0.1, 0.15) is 0 Å². The summed E-state index contributed by atoms with van der Waals surface area (Å²) in [6.45, 7) is 11.8. The highest BCUT2D eigenvalue weighted by Gasteiger charge is 2.16. The van der Waals surface area contributed by atoms with Gasteiger partial charge in [0.25, 0.3) is 0 Å². The molecule has 0 heterocycles. The van der Waals surface area contributed by atoms with Crippen LogP contribution in [-0.2, 0) is 0 Å². The molecule has 0 nitrogen and oxygen atoms in total. The summed E-state index contributed by atoms with van der Waals surface area (Å²) in [4.78, 5) is 0. The fourth-order valence-corrected chi connectivity index (χ4v) is 2.74. The van der Waals surface area contributed by atoms with Crippen molar-refractivity contribution in [3.63, 3.8) is 0 Å². The average Bonchev–Trinajstić information content (AvgIpc) is 2.15. The zero-order chi connectivity index (χ0) is 10.8. The van der Waals surface area contributed by atoms with Crippen LogP contribution in [0.3, 0.4) is 0 Å². The third-order valence-corrected chi connectivity index (χ3v) is 4.98. The molecule has 0 aromatic heterocycles. The molecule has 0 aliphatic rings. The molecule has 78 valence electrons. The molecule has 1 heteroatoms. The lowest BCUT2D eigenvalue weighted by atomic mass is 9.99.